The van der Waals surface area contributed by atoms with Gasteiger partial charge in [0.2, 0.25) is 0 Å². The number of rotatable bonds is 7. The van der Waals surface area contributed by atoms with E-state index >= 15 is 0 Å². The molecule has 0 aromatic heterocycles. The Hall–Kier alpha value is -3.91. The maximum absolute atomic E-state index is 12.6. The van der Waals surface area contributed by atoms with Gasteiger partial charge in [0, 0.05) is 5.69 Å². The lowest BCUT2D eigenvalue weighted by Crippen LogP contribution is -2.35. The number of para-hydroxylation sites is 1. The van der Waals surface area contributed by atoms with Crippen molar-refractivity contribution < 1.29 is 14.3 Å². The highest BCUT2D eigenvalue weighted by Crippen LogP contribution is 2.17. The van der Waals surface area contributed by atoms with Crippen LogP contribution in [0.1, 0.15) is 21.5 Å². The Kier molecular flexibility index (Phi) is 6.75. The topological polar surface area (TPSA) is 70.4 Å². The molecule has 0 spiro atoms. The van der Waals surface area contributed by atoms with Crippen LogP contribution in [0.2, 0.25) is 0 Å². The minimum Gasteiger partial charge on any atom is -0.452 e. The second-order valence-corrected chi connectivity index (χ2v) is 6.37. The van der Waals surface area contributed by atoms with Crippen LogP contribution in [0.5, 0.6) is 0 Å². The Morgan fingerprint density at radius 2 is 1.48 bits per heavy atom. The molecule has 29 heavy (non-hydrogen) atoms. The highest BCUT2D eigenvalue weighted by Gasteiger charge is 2.19. The monoisotopic (exact) mass is 384 g/mol. The first-order valence-electron chi connectivity index (χ1n) is 9.20. The smallest absolute Gasteiger partial charge is 0.338 e. The normalized spacial score (nSPS) is 10.0. The van der Waals surface area contributed by atoms with E-state index in [9.17, 15) is 9.59 Å². The molecule has 144 valence electrons. The number of hydrogen-bond donors (Lipinski definition) is 0. The Morgan fingerprint density at radius 3 is 2.17 bits per heavy atom. The quantitative estimate of drug-likeness (QED) is 0.456. The summed E-state index contributed by atoms with van der Waals surface area (Å²) in [5.74, 6) is -1.01. The van der Waals surface area contributed by atoms with Crippen LogP contribution >= 0.6 is 0 Å². The molecule has 0 bridgehead atoms. The van der Waals surface area contributed by atoms with Crippen molar-refractivity contribution in [1.29, 1.82) is 5.26 Å². The molecule has 0 heterocycles. The number of carbonyl (C=O) groups is 2. The molecule has 0 aliphatic heterocycles. The summed E-state index contributed by atoms with van der Waals surface area (Å²) < 4.78 is 5.28. The molecule has 0 aliphatic rings. The number of amides is 1. The molecule has 1 amide bonds. The summed E-state index contributed by atoms with van der Waals surface area (Å²) in [5.41, 5.74) is 2.91. The van der Waals surface area contributed by atoms with Crippen LogP contribution in [0.3, 0.4) is 0 Å². The Bertz CT molecular complexity index is 1010. The zero-order chi connectivity index (χ0) is 20.5. The molecule has 0 saturated carbocycles. The summed E-state index contributed by atoms with van der Waals surface area (Å²) in [6, 6.07) is 27.8. The second-order valence-electron chi connectivity index (χ2n) is 6.37. The first-order chi connectivity index (χ1) is 14.2. The van der Waals surface area contributed by atoms with Crippen molar-refractivity contribution in [3.05, 3.63) is 102 Å². The first-order valence-corrected chi connectivity index (χ1v) is 9.20. The number of nitriles is 1. The fraction of sp³-hybridized carbons (Fsp3) is 0.125. The van der Waals surface area contributed by atoms with E-state index < -0.39 is 18.5 Å². The van der Waals surface area contributed by atoms with Crippen LogP contribution in [-0.2, 0) is 16.0 Å². The van der Waals surface area contributed by atoms with E-state index in [1.54, 1.807) is 36.4 Å². The zero-order valence-corrected chi connectivity index (χ0v) is 15.8. The average molecular weight is 384 g/mol. The van der Waals surface area contributed by atoms with Gasteiger partial charge < -0.3 is 4.74 Å². The number of benzene rings is 3. The Balaban J connectivity index is 1.69. The molecular weight excluding hydrogens is 364 g/mol. The van der Waals surface area contributed by atoms with E-state index in [0.29, 0.717) is 17.7 Å². The predicted octanol–water partition coefficient (Wildman–Crippen LogP) is 3.99. The molecular formula is C24H20N2O3. The molecule has 5 heteroatoms. The molecule has 0 saturated heterocycles. The van der Waals surface area contributed by atoms with Gasteiger partial charge in [-0.3, -0.25) is 9.69 Å². The summed E-state index contributed by atoms with van der Waals surface area (Å²) in [5, 5.41) is 9.03. The van der Waals surface area contributed by atoms with Gasteiger partial charge in [-0.1, -0.05) is 66.7 Å². The minimum atomic E-state index is -0.560. The van der Waals surface area contributed by atoms with E-state index in [2.05, 4.69) is 0 Å². The van der Waals surface area contributed by atoms with Crippen molar-refractivity contribution in [2.45, 2.75) is 6.42 Å². The van der Waals surface area contributed by atoms with Crippen LogP contribution in [0, 0.1) is 11.3 Å². The van der Waals surface area contributed by atoms with E-state index in [1.807, 2.05) is 54.6 Å². The van der Waals surface area contributed by atoms with Crippen molar-refractivity contribution >= 4 is 17.6 Å². The standard InChI is InChI=1S/C24H20N2O3/c25-15-16-26(21-12-5-2-6-13-21)23(27)18-29-24(28)22-14-8-7-11-20(22)17-19-9-3-1-4-10-19/h1-14H,16-18H2. The van der Waals surface area contributed by atoms with E-state index in [4.69, 9.17) is 10.00 Å². The fourth-order valence-corrected chi connectivity index (χ4v) is 2.97. The molecule has 0 fully saturated rings. The van der Waals surface area contributed by atoms with Gasteiger partial charge in [-0.05, 0) is 35.7 Å². The summed E-state index contributed by atoms with van der Waals surface area (Å²) in [4.78, 5) is 26.5. The number of esters is 1. The van der Waals surface area contributed by atoms with Crippen molar-refractivity contribution in [3.8, 4) is 6.07 Å². The van der Waals surface area contributed by atoms with Gasteiger partial charge >= 0.3 is 5.97 Å². The third-order valence-electron chi connectivity index (χ3n) is 4.40. The lowest BCUT2D eigenvalue weighted by atomic mass is 10.00. The van der Waals surface area contributed by atoms with Gasteiger partial charge in [-0.2, -0.15) is 5.26 Å². The largest absolute Gasteiger partial charge is 0.452 e. The molecule has 3 aromatic rings. The third-order valence-corrected chi connectivity index (χ3v) is 4.40. The maximum Gasteiger partial charge on any atom is 0.338 e. The molecule has 3 aromatic carbocycles. The van der Waals surface area contributed by atoms with Crippen molar-refractivity contribution in [2.24, 2.45) is 0 Å². The predicted molar refractivity (Wildman–Crippen MR) is 110 cm³/mol. The average Bonchev–Trinajstić information content (AvgIpc) is 2.77. The van der Waals surface area contributed by atoms with Crippen molar-refractivity contribution in [1.82, 2.24) is 0 Å². The molecule has 0 unspecified atom stereocenters. The molecule has 0 atom stereocenters. The molecule has 0 aliphatic carbocycles. The first kappa shape index (κ1) is 19.8. The number of anilines is 1. The Labute approximate surface area is 169 Å². The molecule has 3 rings (SSSR count). The number of ether oxygens (including phenoxy) is 1. The van der Waals surface area contributed by atoms with Crippen LogP contribution in [0.15, 0.2) is 84.9 Å². The van der Waals surface area contributed by atoms with Gasteiger partial charge in [-0.15, -0.1) is 0 Å². The van der Waals surface area contributed by atoms with Crippen molar-refractivity contribution in [2.75, 3.05) is 18.1 Å². The van der Waals surface area contributed by atoms with Crippen LogP contribution in [0.25, 0.3) is 0 Å². The SMILES string of the molecule is N#CCN(C(=O)COC(=O)c1ccccc1Cc1ccccc1)c1ccccc1. The molecule has 0 radical (unpaired) electrons. The highest BCUT2D eigenvalue weighted by atomic mass is 16.5. The lowest BCUT2D eigenvalue weighted by Gasteiger charge is -2.19. The van der Waals surface area contributed by atoms with Crippen LogP contribution in [-0.4, -0.2) is 25.0 Å². The van der Waals surface area contributed by atoms with Gasteiger partial charge in [0.05, 0.1) is 11.6 Å². The number of hydrogen-bond acceptors (Lipinski definition) is 4. The summed E-state index contributed by atoms with van der Waals surface area (Å²) in [7, 11) is 0. The van der Waals surface area contributed by atoms with E-state index in [1.165, 1.54) is 4.90 Å². The fourth-order valence-electron chi connectivity index (χ4n) is 2.97. The molecule has 0 N–H and O–H groups in total. The second kappa shape index (κ2) is 9.86. The number of carbonyl (C=O) groups excluding carboxylic acids is 2. The minimum absolute atomic E-state index is 0.120. The van der Waals surface area contributed by atoms with Gasteiger partial charge in [0.25, 0.3) is 5.91 Å². The van der Waals surface area contributed by atoms with Gasteiger partial charge in [0.1, 0.15) is 6.54 Å². The van der Waals surface area contributed by atoms with Gasteiger partial charge in [-0.25, -0.2) is 4.79 Å². The zero-order valence-electron chi connectivity index (χ0n) is 15.8. The van der Waals surface area contributed by atoms with Gasteiger partial charge in [0.15, 0.2) is 6.61 Å². The van der Waals surface area contributed by atoms with Crippen LogP contribution in [0.4, 0.5) is 5.69 Å². The van der Waals surface area contributed by atoms with E-state index in [0.717, 1.165) is 11.1 Å². The third kappa shape index (κ3) is 5.30. The summed E-state index contributed by atoms with van der Waals surface area (Å²) in [6.45, 7) is -0.555. The molecule has 5 nitrogen and oxygen atoms in total. The summed E-state index contributed by atoms with van der Waals surface area (Å²) in [6.07, 6.45) is 0.588. The maximum atomic E-state index is 12.6. The highest BCUT2D eigenvalue weighted by molar-refractivity contribution is 5.97. The van der Waals surface area contributed by atoms with Crippen LogP contribution < -0.4 is 4.90 Å². The Morgan fingerprint density at radius 1 is 0.862 bits per heavy atom. The lowest BCUT2D eigenvalue weighted by molar-refractivity contribution is -0.121. The summed E-state index contributed by atoms with van der Waals surface area (Å²) >= 11 is 0. The number of nitrogens with zero attached hydrogens (tertiary/aromatic N) is 2. The van der Waals surface area contributed by atoms with Crippen molar-refractivity contribution in [3.63, 3.8) is 0 Å². The van der Waals surface area contributed by atoms with E-state index in [-0.39, 0.29) is 6.54 Å².